The number of rotatable bonds is 0. The van der Waals surface area contributed by atoms with Gasteiger partial charge in [-0.1, -0.05) is 50.2 Å². The zero-order chi connectivity index (χ0) is 17.2. The molecule has 0 spiro atoms. The fourth-order valence-corrected chi connectivity index (χ4v) is 6.74. The summed E-state index contributed by atoms with van der Waals surface area (Å²) < 4.78 is 0. The Morgan fingerprint density at radius 1 is 1.08 bits per heavy atom. The molecule has 1 aliphatic carbocycles. The van der Waals surface area contributed by atoms with Gasteiger partial charge in [0.2, 0.25) is 0 Å². The van der Waals surface area contributed by atoms with Gasteiger partial charge in [-0.2, -0.15) is 0 Å². The Balaban J connectivity index is 1.65. The summed E-state index contributed by atoms with van der Waals surface area (Å²) in [6.07, 6.45) is 2.38. The van der Waals surface area contributed by atoms with Gasteiger partial charge in [0.25, 0.3) is 0 Å². The van der Waals surface area contributed by atoms with Crippen molar-refractivity contribution in [2.24, 2.45) is 5.92 Å². The molecule has 0 fully saturated rings. The minimum absolute atomic E-state index is 0.210. The van der Waals surface area contributed by atoms with E-state index in [1.165, 1.54) is 46.5 Å². The number of anilines is 1. The molecule has 0 radical (unpaired) electrons. The van der Waals surface area contributed by atoms with E-state index in [9.17, 15) is 0 Å². The van der Waals surface area contributed by atoms with E-state index in [2.05, 4.69) is 80.3 Å². The van der Waals surface area contributed by atoms with Gasteiger partial charge in [0.15, 0.2) is 0 Å². The number of nitrogens with one attached hydrogen (secondary N) is 1. The lowest BCUT2D eigenvalue weighted by molar-refractivity contribution is 0.310. The van der Waals surface area contributed by atoms with Crippen molar-refractivity contribution in [3.63, 3.8) is 0 Å². The van der Waals surface area contributed by atoms with Gasteiger partial charge >= 0.3 is 0 Å². The Hall–Kier alpha value is -1.67. The quantitative estimate of drug-likeness (QED) is 0.647. The van der Waals surface area contributed by atoms with E-state index in [1.54, 1.807) is 10.5 Å². The van der Waals surface area contributed by atoms with Crippen LogP contribution in [0.5, 0.6) is 0 Å². The molecule has 2 aromatic rings. The Morgan fingerprint density at radius 2 is 1.92 bits per heavy atom. The highest BCUT2D eigenvalue weighted by Crippen LogP contribution is 2.54. The van der Waals surface area contributed by atoms with Gasteiger partial charge in [-0.15, -0.1) is 11.8 Å². The minimum atomic E-state index is 0.210. The molecule has 128 valence electrons. The average molecular weight is 348 g/mol. The van der Waals surface area contributed by atoms with Gasteiger partial charge in [0, 0.05) is 22.3 Å². The normalized spacial score (nSPS) is 26.0. The minimum Gasteiger partial charge on any atom is -0.378 e. The molecule has 25 heavy (non-hydrogen) atoms. The predicted molar refractivity (Wildman–Crippen MR) is 109 cm³/mol. The van der Waals surface area contributed by atoms with Crippen molar-refractivity contribution in [2.75, 3.05) is 11.1 Å². The van der Waals surface area contributed by atoms with Crippen LogP contribution in [0.15, 0.2) is 48.0 Å². The number of hydrogen-bond acceptors (Lipinski definition) is 2. The summed E-state index contributed by atoms with van der Waals surface area (Å²) >= 11 is 2.10. The molecular formula is C23H25NS. The summed E-state index contributed by atoms with van der Waals surface area (Å²) in [7, 11) is 0. The van der Waals surface area contributed by atoms with Crippen LogP contribution in [0.1, 0.15) is 42.5 Å². The first-order valence-electron chi connectivity index (χ1n) is 9.37. The molecule has 0 saturated heterocycles. The van der Waals surface area contributed by atoms with Gasteiger partial charge in [-0.05, 0) is 59.1 Å². The average Bonchev–Trinajstić information content (AvgIpc) is 2.61. The van der Waals surface area contributed by atoms with Crippen LogP contribution in [0.3, 0.4) is 0 Å². The Kier molecular flexibility index (Phi) is 3.37. The predicted octanol–water partition coefficient (Wildman–Crippen LogP) is 5.79. The van der Waals surface area contributed by atoms with E-state index < -0.39 is 0 Å². The molecular weight excluding hydrogens is 322 g/mol. The van der Waals surface area contributed by atoms with E-state index in [4.69, 9.17) is 0 Å². The van der Waals surface area contributed by atoms with Crippen molar-refractivity contribution >= 4 is 22.4 Å². The number of hydrogen-bond donors (Lipinski definition) is 1. The molecule has 2 unspecified atom stereocenters. The van der Waals surface area contributed by atoms with E-state index in [-0.39, 0.29) is 5.41 Å². The number of thioether (sulfide) groups is 1. The third-order valence-corrected chi connectivity index (χ3v) is 7.81. The molecule has 0 bridgehead atoms. The third-order valence-electron chi connectivity index (χ3n) is 6.51. The van der Waals surface area contributed by atoms with Gasteiger partial charge < -0.3 is 5.32 Å². The highest BCUT2D eigenvalue weighted by molar-refractivity contribution is 8.08. The molecule has 2 heteroatoms. The standard InChI is InChI=1S/C23H25NS/c1-14-8-11-18-20(12-14)24-21-17-10-9-15-6-4-5-7-16(15)22(17)25-13-19(21)23(18,2)3/h4-8,11-12,19,21,24H,9-10,13H2,1-3H3. The maximum atomic E-state index is 3.95. The molecule has 3 aliphatic rings. The summed E-state index contributed by atoms with van der Waals surface area (Å²) in [4.78, 5) is 1.56. The Labute approximate surface area is 154 Å². The SMILES string of the molecule is Cc1ccc2c(c1)NC1C3=C(SCC1C2(C)C)c1ccccc1CC3. The van der Waals surface area contributed by atoms with Crippen molar-refractivity contribution in [1.29, 1.82) is 0 Å². The molecule has 1 nitrogen and oxygen atoms in total. The summed E-state index contributed by atoms with van der Waals surface area (Å²) in [6, 6.07) is 16.4. The highest BCUT2D eigenvalue weighted by atomic mass is 32.2. The zero-order valence-electron chi connectivity index (χ0n) is 15.2. The molecule has 5 rings (SSSR count). The molecule has 2 heterocycles. The maximum Gasteiger partial charge on any atom is 0.0532 e. The highest BCUT2D eigenvalue weighted by Gasteiger charge is 2.46. The topological polar surface area (TPSA) is 12.0 Å². The van der Waals surface area contributed by atoms with Crippen LogP contribution >= 0.6 is 11.8 Å². The van der Waals surface area contributed by atoms with Gasteiger partial charge in [0.1, 0.15) is 0 Å². The first-order valence-corrected chi connectivity index (χ1v) is 10.4. The lowest BCUT2D eigenvalue weighted by atomic mass is 9.65. The second-order valence-electron chi connectivity index (χ2n) is 8.32. The summed E-state index contributed by atoms with van der Waals surface area (Å²) in [6.45, 7) is 7.09. The van der Waals surface area contributed by atoms with Crippen LogP contribution < -0.4 is 5.32 Å². The number of benzene rings is 2. The van der Waals surface area contributed by atoms with E-state index in [0.29, 0.717) is 12.0 Å². The lowest BCUT2D eigenvalue weighted by Gasteiger charge is -2.50. The largest absolute Gasteiger partial charge is 0.378 e. The van der Waals surface area contributed by atoms with Crippen LogP contribution in [0.25, 0.3) is 4.91 Å². The summed E-state index contributed by atoms with van der Waals surface area (Å²) in [5, 5.41) is 3.95. The van der Waals surface area contributed by atoms with Gasteiger partial charge in [-0.3, -0.25) is 0 Å². The lowest BCUT2D eigenvalue weighted by Crippen LogP contribution is -2.50. The monoisotopic (exact) mass is 347 g/mol. The van der Waals surface area contributed by atoms with Crippen LogP contribution in [0.4, 0.5) is 5.69 Å². The molecule has 2 atom stereocenters. The molecule has 0 aromatic heterocycles. The van der Waals surface area contributed by atoms with Gasteiger partial charge in [-0.25, -0.2) is 0 Å². The first-order chi connectivity index (χ1) is 12.1. The van der Waals surface area contributed by atoms with Crippen molar-refractivity contribution < 1.29 is 0 Å². The molecule has 2 aliphatic heterocycles. The summed E-state index contributed by atoms with van der Waals surface area (Å²) in [5.74, 6) is 1.85. The second-order valence-corrected chi connectivity index (χ2v) is 9.35. The van der Waals surface area contributed by atoms with E-state index >= 15 is 0 Å². The molecule has 0 amide bonds. The fourth-order valence-electron chi connectivity index (χ4n) is 5.01. The third kappa shape index (κ3) is 2.23. The van der Waals surface area contributed by atoms with Crippen LogP contribution in [-0.2, 0) is 11.8 Å². The van der Waals surface area contributed by atoms with Crippen LogP contribution in [-0.4, -0.2) is 11.8 Å². The van der Waals surface area contributed by atoms with Crippen molar-refractivity contribution in [1.82, 2.24) is 0 Å². The van der Waals surface area contributed by atoms with Gasteiger partial charge in [0.05, 0.1) is 6.04 Å². The number of aryl methyl sites for hydroxylation is 2. The Bertz CT molecular complexity index is 893. The van der Waals surface area contributed by atoms with E-state index in [0.717, 1.165) is 0 Å². The van der Waals surface area contributed by atoms with Crippen LogP contribution in [0, 0.1) is 12.8 Å². The first kappa shape index (κ1) is 15.6. The zero-order valence-corrected chi connectivity index (χ0v) is 16.0. The molecule has 2 aromatic carbocycles. The second kappa shape index (κ2) is 5.41. The van der Waals surface area contributed by atoms with Crippen LogP contribution in [0.2, 0.25) is 0 Å². The van der Waals surface area contributed by atoms with Crippen molar-refractivity contribution in [3.05, 3.63) is 70.3 Å². The molecule has 0 saturated carbocycles. The fraction of sp³-hybridized carbons (Fsp3) is 0.391. The Morgan fingerprint density at radius 3 is 2.80 bits per heavy atom. The number of fused-ring (bicyclic) bond motifs is 5. The van der Waals surface area contributed by atoms with E-state index in [1.807, 2.05) is 0 Å². The van der Waals surface area contributed by atoms with Crippen molar-refractivity contribution in [3.8, 4) is 0 Å². The summed E-state index contributed by atoms with van der Waals surface area (Å²) in [5.41, 5.74) is 9.06. The molecule has 1 N–H and O–H groups in total. The maximum absolute atomic E-state index is 3.95. The van der Waals surface area contributed by atoms with Crippen molar-refractivity contribution in [2.45, 2.75) is 45.1 Å². The smallest absolute Gasteiger partial charge is 0.0532 e.